The SMILES string of the molecule is O=C(O)C1ON=C2CCCCC21. The molecule has 1 fully saturated rings. The van der Waals surface area contributed by atoms with Crippen molar-refractivity contribution in [2.75, 3.05) is 0 Å². The van der Waals surface area contributed by atoms with Gasteiger partial charge in [-0.1, -0.05) is 11.6 Å². The van der Waals surface area contributed by atoms with E-state index in [9.17, 15) is 4.79 Å². The Kier molecular flexibility index (Phi) is 1.75. The molecule has 66 valence electrons. The van der Waals surface area contributed by atoms with Crippen LogP contribution in [0.4, 0.5) is 0 Å². The van der Waals surface area contributed by atoms with Gasteiger partial charge >= 0.3 is 5.97 Å². The Balaban J connectivity index is 2.11. The van der Waals surface area contributed by atoms with E-state index in [0.717, 1.165) is 31.4 Å². The molecule has 2 rings (SSSR count). The second-order valence-electron chi connectivity index (χ2n) is 3.30. The highest BCUT2D eigenvalue weighted by atomic mass is 16.7. The maximum Gasteiger partial charge on any atom is 0.348 e. The zero-order chi connectivity index (χ0) is 8.55. The molecule has 0 bridgehead atoms. The number of fused-ring (bicyclic) bond motifs is 1. The number of nitrogens with zero attached hydrogens (tertiary/aromatic N) is 1. The van der Waals surface area contributed by atoms with Gasteiger partial charge in [-0.2, -0.15) is 0 Å². The zero-order valence-electron chi connectivity index (χ0n) is 6.69. The Hall–Kier alpha value is -1.06. The highest BCUT2D eigenvalue weighted by Crippen LogP contribution is 2.30. The molecule has 12 heavy (non-hydrogen) atoms. The van der Waals surface area contributed by atoms with Crippen LogP contribution in [-0.2, 0) is 9.63 Å². The van der Waals surface area contributed by atoms with Crippen molar-refractivity contribution >= 4 is 11.7 Å². The van der Waals surface area contributed by atoms with Gasteiger partial charge in [-0.25, -0.2) is 4.79 Å². The second kappa shape index (κ2) is 2.77. The van der Waals surface area contributed by atoms with Crippen molar-refractivity contribution in [1.29, 1.82) is 0 Å². The van der Waals surface area contributed by atoms with Gasteiger partial charge in [0, 0.05) is 0 Å². The van der Waals surface area contributed by atoms with E-state index < -0.39 is 12.1 Å². The molecule has 0 spiro atoms. The summed E-state index contributed by atoms with van der Waals surface area (Å²) in [5.41, 5.74) is 0.952. The summed E-state index contributed by atoms with van der Waals surface area (Å²) in [4.78, 5) is 15.5. The van der Waals surface area contributed by atoms with E-state index in [4.69, 9.17) is 9.94 Å². The minimum absolute atomic E-state index is 0.0521. The highest BCUT2D eigenvalue weighted by Gasteiger charge is 2.40. The molecule has 0 saturated heterocycles. The minimum Gasteiger partial charge on any atom is -0.478 e. The van der Waals surface area contributed by atoms with E-state index in [1.54, 1.807) is 0 Å². The van der Waals surface area contributed by atoms with Crippen LogP contribution in [0.25, 0.3) is 0 Å². The quantitative estimate of drug-likeness (QED) is 0.637. The van der Waals surface area contributed by atoms with Gasteiger partial charge in [0.25, 0.3) is 0 Å². The topological polar surface area (TPSA) is 58.9 Å². The molecular formula is C8H11NO3. The molecule has 1 saturated carbocycles. The van der Waals surface area contributed by atoms with Gasteiger partial charge in [-0.3, -0.25) is 0 Å². The van der Waals surface area contributed by atoms with Gasteiger partial charge in [0.2, 0.25) is 6.10 Å². The molecule has 1 heterocycles. The maximum atomic E-state index is 10.7. The summed E-state index contributed by atoms with van der Waals surface area (Å²) in [5.74, 6) is -0.836. The van der Waals surface area contributed by atoms with Crippen molar-refractivity contribution in [3.05, 3.63) is 0 Å². The van der Waals surface area contributed by atoms with E-state index in [0.29, 0.717) is 0 Å². The summed E-state index contributed by atoms with van der Waals surface area (Å²) >= 11 is 0. The first-order valence-corrected chi connectivity index (χ1v) is 4.24. The summed E-state index contributed by atoms with van der Waals surface area (Å²) < 4.78 is 0. The van der Waals surface area contributed by atoms with E-state index in [1.807, 2.05) is 0 Å². The van der Waals surface area contributed by atoms with Crippen LogP contribution in [0.15, 0.2) is 5.16 Å². The first-order chi connectivity index (χ1) is 5.79. The molecule has 0 aromatic rings. The fourth-order valence-electron chi connectivity index (χ4n) is 1.88. The van der Waals surface area contributed by atoms with Gasteiger partial charge in [0.15, 0.2) is 0 Å². The van der Waals surface area contributed by atoms with Crippen molar-refractivity contribution in [2.24, 2.45) is 11.1 Å². The molecule has 2 aliphatic rings. The fourth-order valence-corrected chi connectivity index (χ4v) is 1.88. The summed E-state index contributed by atoms with van der Waals surface area (Å²) in [6.45, 7) is 0. The Bertz CT molecular complexity index is 236. The fraction of sp³-hybridized carbons (Fsp3) is 0.750. The van der Waals surface area contributed by atoms with E-state index in [1.165, 1.54) is 0 Å². The molecular weight excluding hydrogens is 158 g/mol. The number of aliphatic carboxylic acids is 1. The van der Waals surface area contributed by atoms with Crippen molar-refractivity contribution in [1.82, 2.24) is 0 Å². The lowest BCUT2D eigenvalue weighted by Crippen LogP contribution is -2.32. The standard InChI is InChI=1S/C8H11NO3/c10-8(11)7-5-3-1-2-4-6(5)9-12-7/h5,7H,1-4H2,(H,10,11). The number of carbonyl (C=O) groups is 1. The molecule has 4 heteroatoms. The molecule has 1 N–H and O–H groups in total. The summed E-state index contributed by atoms with van der Waals surface area (Å²) in [6.07, 6.45) is 3.33. The van der Waals surface area contributed by atoms with Crippen LogP contribution in [0, 0.1) is 5.92 Å². The molecule has 0 amide bonds. The third kappa shape index (κ3) is 1.07. The average molecular weight is 169 g/mol. The third-order valence-corrected chi connectivity index (χ3v) is 2.52. The first-order valence-electron chi connectivity index (χ1n) is 4.24. The second-order valence-corrected chi connectivity index (χ2v) is 3.30. The lowest BCUT2D eigenvalue weighted by Gasteiger charge is -2.19. The van der Waals surface area contributed by atoms with Crippen LogP contribution in [0.2, 0.25) is 0 Å². The first kappa shape index (κ1) is 7.58. The number of carboxylic acids is 1. The van der Waals surface area contributed by atoms with Crippen LogP contribution < -0.4 is 0 Å². The van der Waals surface area contributed by atoms with E-state index in [2.05, 4.69) is 5.16 Å². The van der Waals surface area contributed by atoms with Gasteiger partial charge in [0.1, 0.15) is 0 Å². The number of hydrogen-bond acceptors (Lipinski definition) is 3. The highest BCUT2D eigenvalue weighted by molar-refractivity contribution is 5.93. The lowest BCUT2D eigenvalue weighted by molar-refractivity contribution is -0.150. The Morgan fingerprint density at radius 3 is 3.17 bits per heavy atom. The summed E-state index contributed by atoms with van der Waals surface area (Å²) in [6, 6.07) is 0. The molecule has 2 atom stereocenters. The largest absolute Gasteiger partial charge is 0.478 e. The van der Waals surface area contributed by atoms with Crippen molar-refractivity contribution in [3.63, 3.8) is 0 Å². The van der Waals surface area contributed by atoms with Crippen LogP contribution in [0.3, 0.4) is 0 Å². The number of rotatable bonds is 1. The number of hydrogen-bond donors (Lipinski definition) is 1. The van der Waals surface area contributed by atoms with Crippen LogP contribution in [0.5, 0.6) is 0 Å². The molecule has 1 aliphatic carbocycles. The van der Waals surface area contributed by atoms with Gasteiger partial charge < -0.3 is 9.94 Å². The monoisotopic (exact) mass is 169 g/mol. The molecule has 0 aromatic carbocycles. The van der Waals surface area contributed by atoms with Crippen LogP contribution in [0.1, 0.15) is 25.7 Å². The van der Waals surface area contributed by atoms with Crippen molar-refractivity contribution in [3.8, 4) is 0 Å². The zero-order valence-corrected chi connectivity index (χ0v) is 6.69. The van der Waals surface area contributed by atoms with E-state index in [-0.39, 0.29) is 5.92 Å². The molecule has 1 aliphatic heterocycles. The van der Waals surface area contributed by atoms with E-state index >= 15 is 0 Å². The molecule has 0 aromatic heterocycles. The van der Waals surface area contributed by atoms with Gasteiger partial charge in [0.05, 0.1) is 11.6 Å². The predicted molar refractivity (Wildman–Crippen MR) is 41.9 cm³/mol. The van der Waals surface area contributed by atoms with Crippen LogP contribution in [-0.4, -0.2) is 22.9 Å². The number of oxime groups is 1. The Labute approximate surface area is 70.2 Å². The maximum absolute atomic E-state index is 10.7. The van der Waals surface area contributed by atoms with Crippen molar-refractivity contribution < 1.29 is 14.7 Å². The molecule has 2 unspecified atom stereocenters. The average Bonchev–Trinajstić information content (AvgIpc) is 2.47. The Morgan fingerprint density at radius 2 is 2.42 bits per heavy atom. The van der Waals surface area contributed by atoms with Gasteiger partial charge in [-0.15, -0.1) is 0 Å². The summed E-state index contributed by atoms with van der Waals surface area (Å²) in [7, 11) is 0. The smallest absolute Gasteiger partial charge is 0.348 e. The third-order valence-electron chi connectivity index (χ3n) is 2.52. The summed E-state index contributed by atoms with van der Waals surface area (Å²) in [5, 5.41) is 12.6. The molecule has 0 radical (unpaired) electrons. The van der Waals surface area contributed by atoms with Crippen LogP contribution >= 0.6 is 0 Å². The predicted octanol–water partition coefficient (Wildman–Crippen LogP) is 1.02. The van der Waals surface area contributed by atoms with Gasteiger partial charge in [-0.05, 0) is 19.3 Å². The molecule has 4 nitrogen and oxygen atoms in total. The van der Waals surface area contributed by atoms with Crippen molar-refractivity contribution in [2.45, 2.75) is 31.8 Å². The lowest BCUT2D eigenvalue weighted by atomic mass is 9.84. The normalized spacial score (nSPS) is 33.5. The minimum atomic E-state index is -0.888. The number of carboxylic acid groups (broad SMARTS) is 1. The Morgan fingerprint density at radius 1 is 1.58 bits per heavy atom.